The molecule has 0 aromatic carbocycles. The fourth-order valence-electron chi connectivity index (χ4n) is 0.258. The van der Waals surface area contributed by atoms with E-state index in [0.717, 1.165) is 0 Å². The molecule has 0 saturated heterocycles. The monoisotopic (exact) mass is 85.1 g/mol. The van der Waals surface area contributed by atoms with Crippen molar-refractivity contribution in [1.29, 1.82) is 0 Å². The van der Waals surface area contributed by atoms with Crippen LogP contribution in [-0.4, -0.2) is 33.5 Å². The Morgan fingerprint density at radius 3 is 2.00 bits per heavy atom. The maximum Gasteiger partial charge on any atom is 0.309 e. The minimum atomic E-state index is 1.88. The number of nitrogens with zero attached hydrogens (tertiary/aromatic N) is 1. The van der Waals surface area contributed by atoms with Crippen molar-refractivity contribution in [3.8, 4) is 0 Å². The quantitative estimate of drug-likeness (QED) is 0.446. The fourth-order valence-corrected chi connectivity index (χ4v) is 0.258. The molecule has 1 N–H and O–H groups in total. The van der Waals surface area contributed by atoms with Crippen LogP contribution in [0.1, 0.15) is 0 Å². The van der Waals surface area contributed by atoms with Gasteiger partial charge in [-0.1, -0.05) is 0 Å². The molecule has 0 rings (SSSR count). The van der Waals surface area contributed by atoms with E-state index >= 15 is 0 Å². The van der Waals surface area contributed by atoms with Gasteiger partial charge in [0.25, 0.3) is 0 Å². The maximum atomic E-state index is 2.87. The largest absolute Gasteiger partial charge is 0.348 e. The van der Waals surface area contributed by atoms with E-state index in [4.69, 9.17) is 0 Å². The van der Waals surface area contributed by atoms with E-state index in [1.807, 2.05) is 33.5 Å². The van der Waals surface area contributed by atoms with Crippen molar-refractivity contribution in [1.82, 2.24) is 10.0 Å². The molecule has 35 valence electrons. The Bertz CT molecular complexity index is 30.0. The first kappa shape index (κ1) is 5.98. The number of nitrogens with one attached hydrogen (secondary N) is 1. The summed E-state index contributed by atoms with van der Waals surface area (Å²) in [6.45, 7) is 0. The first-order chi connectivity index (χ1) is 2.77. The van der Waals surface area contributed by atoms with Crippen LogP contribution >= 0.6 is 0 Å². The van der Waals surface area contributed by atoms with Crippen LogP contribution in [0.2, 0.25) is 0 Å². The van der Waals surface area contributed by atoms with Crippen molar-refractivity contribution < 1.29 is 0 Å². The summed E-state index contributed by atoms with van der Waals surface area (Å²) in [4.78, 5) is 1.94. The molecule has 0 aromatic heterocycles. The van der Waals surface area contributed by atoms with Gasteiger partial charge < -0.3 is 10.0 Å². The van der Waals surface area contributed by atoms with Gasteiger partial charge in [0.2, 0.25) is 0 Å². The molecule has 0 fully saturated rings. The van der Waals surface area contributed by atoms with Crippen molar-refractivity contribution >= 4 is 7.55 Å². The van der Waals surface area contributed by atoms with Crippen LogP contribution in [0, 0.1) is 0 Å². The zero-order valence-electron chi connectivity index (χ0n) is 4.52. The average Bonchev–Trinajstić information content (AvgIpc) is 1.35. The van der Waals surface area contributed by atoms with Crippen LogP contribution in [0.4, 0.5) is 0 Å². The van der Waals surface area contributed by atoms with Gasteiger partial charge >= 0.3 is 7.55 Å². The van der Waals surface area contributed by atoms with E-state index < -0.39 is 0 Å². The molecule has 0 bridgehead atoms. The Morgan fingerprint density at radius 1 is 1.50 bits per heavy atom. The third kappa shape index (κ3) is 3.98. The van der Waals surface area contributed by atoms with Crippen LogP contribution in [0.25, 0.3) is 0 Å². The van der Waals surface area contributed by atoms with Crippen LogP contribution in [-0.2, 0) is 0 Å². The van der Waals surface area contributed by atoms with Gasteiger partial charge in [0.05, 0.1) is 0 Å². The van der Waals surface area contributed by atoms with Crippen molar-refractivity contribution in [2.24, 2.45) is 0 Å². The first-order valence-corrected chi connectivity index (χ1v) is 1.94. The third-order valence-corrected chi connectivity index (χ3v) is 0.387. The van der Waals surface area contributed by atoms with Crippen LogP contribution < -0.4 is 5.23 Å². The standard InChI is InChI=1S/C3H10BN2/c1-5-4-6(2)3/h5H,1-3H3. The highest BCUT2D eigenvalue weighted by atomic mass is 15.0. The second-order valence-electron chi connectivity index (χ2n) is 1.38. The summed E-state index contributed by atoms with van der Waals surface area (Å²) in [7, 11) is 7.69. The van der Waals surface area contributed by atoms with E-state index in [9.17, 15) is 0 Å². The molecule has 0 saturated carbocycles. The summed E-state index contributed by atoms with van der Waals surface area (Å²) in [5.74, 6) is 0. The van der Waals surface area contributed by atoms with Gasteiger partial charge in [-0.15, -0.1) is 0 Å². The number of hydrogen-bond donors (Lipinski definition) is 1. The Hall–Kier alpha value is -0.0151. The second-order valence-corrected chi connectivity index (χ2v) is 1.38. The minimum absolute atomic E-state index is 1.88. The second kappa shape index (κ2) is 3.19. The normalized spacial score (nSPS) is 9.33. The molecule has 6 heavy (non-hydrogen) atoms. The SMILES string of the molecule is CN[B]N(C)C. The molecule has 0 aliphatic rings. The van der Waals surface area contributed by atoms with Gasteiger partial charge in [0.15, 0.2) is 0 Å². The number of rotatable bonds is 2. The third-order valence-electron chi connectivity index (χ3n) is 0.387. The fraction of sp³-hybridized carbons (Fsp3) is 1.00. The van der Waals surface area contributed by atoms with Crippen molar-refractivity contribution in [2.75, 3.05) is 21.1 Å². The maximum absolute atomic E-state index is 2.87. The van der Waals surface area contributed by atoms with E-state index in [0.29, 0.717) is 0 Å². The van der Waals surface area contributed by atoms with E-state index in [-0.39, 0.29) is 0 Å². The lowest BCUT2D eigenvalue weighted by Crippen LogP contribution is -2.29. The summed E-state index contributed by atoms with van der Waals surface area (Å²) in [5, 5.41) is 2.87. The molecule has 2 nitrogen and oxygen atoms in total. The molecule has 3 heteroatoms. The molecule has 0 aliphatic heterocycles. The highest BCUT2D eigenvalue weighted by Crippen LogP contribution is 1.56. The summed E-state index contributed by atoms with van der Waals surface area (Å²) in [5.41, 5.74) is 0. The molecule has 1 radical (unpaired) electrons. The van der Waals surface area contributed by atoms with Crippen LogP contribution in [0.5, 0.6) is 0 Å². The summed E-state index contributed by atoms with van der Waals surface area (Å²) in [6.07, 6.45) is 0. The van der Waals surface area contributed by atoms with Crippen molar-refractivity contribution in [3.05, 3.63) is 0 Å². The van der Waals surface area contributed by atoms with Crippen molar-refractivity contribution in [2.45, 2.75) is 0 Å². The predicted octanol–water partition coefficient (Wildman–Crippen LogP) is -0.698. The Morgan fingerprint density at radius 2 is 2.00 bits per heavy atom. The Balaban J connectivity index is 2.63. The summed E-state index contributed by atoms with van der Waals surface area (Å²) in [6, 6.07) is 0. The highest BCUT2D eigenvalue weighted by molar-refractivity contribution is 6.28. The molecule has 0 spiro atoms. The van der Waals surface area contributed by atoms with Gasteiger partial charge in [-0.25, -0.2) is 0 Å². The van der Waals surface area contributed by atoms with Gasteiger partial charge in [-0.05, 0) is 21.1 Å². The molecule has 0 unspecified atom stereocenters. The predicted molar refractivity (Wildman–Crippen MR) is 28.5 cm³/mol. The summed E-state index contributed by atoms with van der Waals surface area (Å²) < 4.78 is 0. The average molecular weight is 84.9 g/mol. The van der Waals surface area contributed by atoms with Crippen LogP contribution in [0.3, 0.4) is 0 Å². The lowest BCUT2D eigenvalue weighted by Gasteiger charge is -2.02. The van der Waals surface area contributed by atoms with E-state index in [1.54, 1.807) is 0 Å². The van der Waals surface area contributed by atoms with Gasteiger partial charge in [0, 0.05) is 0 Å². The van der Waals surface area contributed by atoms with E-state index in [1.165, 1.54) is 0 Å². The summed E-state index contributed by atoms with van der Waals surface area (Å²) >= 11 is 0. The van der Waals surface area contributed by atoms with E-state index in [2.05, 4.69) is 5.23 Å². The number of hydrogen-bond acceptors (Lipinski definition) is 2. The van der Waals surface area contributed by atoms with Crippen LogP contribution in [0.15, 0.2) is 0 Å². The molecule has 0 atom stereocenters. The molecule has 0 aromatic rings. The smallest absolute Gasteiger partial charge is 0.309 e. The molecule has 0 heterocycles. The molecule has 0 aliphatic carbocycles. The first-order valence-electron chi connectivity index (χ1n) is 1.94. The lowest BCUT2D eigenvalue weighted by atomic mass is 10.2. The lowest BCUT2D eigenvalue weighted by molar-refractivity contribution is 0.649. The molecule has 0 amide bonds. The van der Waals surface area contributed by atoms with Gasteiger partial charge in [-0.2, -0.15) is 0 Å². The zero-order chi connectivity index (χ0) is 4.99. The highest BCUT2D eigenvalue weighted by Gasteiger charge is 1.83. The minimum Gasteiger partial charge on any atom is -0.348 e. The topological polar surface area (TPSA) is 15.3 Å². The van der Waals surface area contributed by atoms with Gasteiger partial charge in [-0.3, -0.25) is 0 Å². The zero-order valence-corrected chi connectivity index (χ0v) is 4.52. The Kier molecular flexibility index (Phi) is 3.18. The van der Waals surface area contributed by atoms with Gasteiger partial charge in [0.1, 0.15) is 0 Å². The van der Waals surface area contributed by atoms with Crippen molar-refractivity contribution in [3.63, 3.8) is 0 Å². The molecular weight excluding hydrogens is 74.9 g/mol. The molecular formula is C3H10BN2. The Labute approximate surface area is 39.8 Å².